The quantitative estimate of drug-likeness (QED) is 0.830. The highest BCUT2D eigenvalue weighted by Gasteiger charge is 2.40. The molecule has 0 amide bonds. The van der Waals surface area contributed by atoms with Crippen LogP contribution in [0.15, 0.2) is 24.3 Å². The Balaban J connectivity index is 2.28. The van der Waals surface area contributed by atoms with E-state index in [1.807, 2.05) is 11.8 Å². The fraction of sp³-hybridized carbons (Fsp3) is 0.538. The van der Waals surface area contributed by atoms with Crippen LogP contribution in [0.4, 0.5) is 0 Å². The molecule has 1 aromatic rings. The minimum atomic E-state index is -0.600. The van der Waals surface area contributed by atoms with Gasteiger partial charge in [0.25, 0.3) is 0 Å². The highest BCUT2D eigenvalue weighted by molar-refractivity contribution is 8.00. The van der Waals surface area contributed by atoms with Crippen molar-refractivity contribution in [3.63, 3.8) is 0 Å². The summed E-state index contributed by atoms with van der Waals surface area (Å²) in [6.45, 7) is 4.27. The van der Waals surface area contributed by atoms with E-state index in [-0.39, 0.29) is 0 Å². The lowest BCUT2D eigenvalue weighted by Gasteiger charge is -2.27. The Hall–Kier alpha value is -0.470. The maximum absolute atomic E-state index is 10.6. The Bertz CT molecular complexity index is 333. The molecule has 1 saturated heterocycles. The average molecular weight is 222 g/mol. The van der Waals surface area contributed by atoms with Gasteiger partial charge in [-0.2, -0.15) is 11.8 Å². The number of benzene rings is 1. The molecule has 0 saturated carbocycles. The van der Waals surface area contributed by atoms with E-state index in [9.17, 15) is 5.11 Å². The summed E-state index contributed by atoms with van der Waals surface area (Å²) in [5.74, 6) is 1.06. The maximum atomic E-state index is 10.6. The SMILES string of the molecule is CCc1ccc([C@]2(O)CCS[C@H]2C)cc1. The van der Waals surface area contributed by atoms with Crippen LogP contribution in [0.2, 0.25) is 0 Å². The summed E-state index contributed by atoms with van der Waals surface area (Å²) in [4.78, 5) is 0. The number of aliphatic hydroxyl groups is 1. The molecule has 2 rings (SSSR count). The van der Waals surface area contributed by atoms with E-state index < -0.39 is 5.60 Å². The van der Waals surface area contributed by atoms with E-state index in [1.54, 1.807) is 0 Å². The first-order valence-electron chi connectivity index (χ1n) is 5.60. The molecular formula is C13H18OS. The largest absolute Gasteiger partial charge is 0.384 e. The second-order valence-electron chi connectivity index (χ2n) is 4.24. The van der Waals surface area contributed by atoms with Crippen LogP contribution >= 0.6 is 11.8 Å². The van der Waals surface area contributed by atoms with Crippen LogP contribution in [0.1, 0.15) is 31.4 Å². The molecule has 1 nitrogen and oxygen atoms in total. The van der Waals surface area contributed by atoms with Crippen molar-refractivity contribution in [2.45, 2.75) is 37.5 Å². The van der Waals surface area contributed by atoms with Crippen molar-refractivity contribution in [1.29, 1.82) is 0 Å². The van der Waals surface area contributed by atoms with Crippen LogP contribution in [-0.4, -0.2) is 16.1 Å². The molecule has 15 heavy (non-hydrogen) atoms. The minimum Gasteiger partial charge on any atom is -0.384 e. The summed E-state index contributed by atoms with van der Waals surface area (Å²) in [7, 11) is 0. The van der Waals surface area contributed by atoms with Crippen LogP contribution in [0.3, 0.4) is 0 Å². The summed E-state index contributed by atoms with van der Waals surface area (Å²) in [6, 6.07) is 8.43. The molecule has 1 aliphatic heterocycles. The molecule has 82 valence electrons. The molecular weight excluding hydrogens is 204 g/mol. The Morgan fingerprint density at radius 3 is 2.53 bits per heavy atom. The van der Waals surface area contributed by atoms with Gasteiger partial charge in [-0.3, -0.25) is 0 Å². The number of rotatable bonds is 2. The van der Waals surface area contributed by atoms with E-state index in [4.69, 9.17) is 0 Å². The van der Waals surface area contributed by atoms with Crippen molar-refractivity contribution in [1.82, 2.24) is 0 Å². The molecule has 0 spiro atoms. The highest BCUT2D eigenvalue weighted by Crippen LogP contribution is 2.42. The van der Waals surface area contributed by atoms with E-state index >= 15 is 0 Å². The zero-order chi connectivity index (χ0) is 10.9. The zero-order valence-corrected chi connectivity index (χ0v) is 10.2. The van der Waals surface area contributed by atoms with Crippen molar-refractivity contribution in [3.05, 3.63) is 35.4 Å². The lowest BCUT2D eigenvalue weighted by atomic mass is 9.88. The number of hydrogen-bond donors (Lipinski definition) is 1. The predicted molar refractivity (Wildman–Crippen MR) is 66.3 cm³/mol. The summed E-state index contributed by atoms with van der Waals surface area (Å²) in [6.07, 6.45) is 1.94. The fourth-order valence-corrected chi connectivity index (χ4v) is 3.45. The monoisotopic (exact) mass is 222 g/mol. The topological polar surface area (TPSA) is 20.2 Å². The van der Waals surface area contributed by atoms with E-state index in [2.05, 4.69) is 38.1 Å². The smallest absolute Gasteiger partial charge is 0.102 e. The molecule has 1 aliphatic rings. The first kappa shape index (κ1) is 11.0. The molecule has 0 aromatic heterocycles. The third-order valence-corrected chi connectivity index (χ3v) is 4.72. The Kier molecular flexibility index (Phi) is 3.08. The standard InChI is InChI=1S/C13H18OS/c1-3-11-4-6-12(7-5-11)13(14)8-9-15-10(13)2/h4-7,10,14H,3,8-9H2,1-2H3/t10-,13-/m0/s1. The molecule has 0 unspecified atom stereocenters. The maximum Gasteiger partial charge on any atom is 0.102 e. The Morgan fingerprint density at radius 2 is 2.07 bits per heavy atom. The Morgan fingerprint density at radius 1 is 1.40 bits per heavy atom. The van der Waals surface area contributed by atoms with Crippen molar-refractivity contribution in [3.8, 4) is 0 Å². The molecule has 1 aromatic carbocycles. The minimum absolute atomic E-state index is 0.310. The van der Waals surface area contributed by atoms with E-state index in [0.29, 0.717) is 5.25 Å². The van der Waals surface area contributed by atoms with E-state index in [1.165, 1.54) is 5.56 Å². The van der Waals surface area contributed by atoms with Gasteiger partial charge in [-0.05, 0) is 29.7 Å². The first-order chi connectivity index (χ1) is 7.16. The lowest BCUT2D eigenvalue weighted by Crippen LogP contribution is -2.31. The third-order valence-electron chi connectivity index (χ3n) is 3.39. The molecule has 1 N–H and O–H groups in total. The van der Waals surface area contributed by atoms with Crippen LogP contribution in [0, 0.1) is 0 Å². The van der Waals surface area contributed by atoms with E-state index in [0.717, 1.165) is 24.2 Å². The average Bonchev–Trinajstić information content (AvgIpc) is 2.61. The van der Waals surface area contributed by atoms with Gasteiger partial charge < -0.3 is 5.11 Å². The molecule has 1 heterocycles. The van der Waals surface area contributed by atoms with Crippen molar-refractivity contribution < 1.29 is 5.11 Å². The normalized spacial score (nSPS) is 30.7. The van der Waals surface area contributed by atoms with Gasteiger partial charge in [-0.25, -0.2) is 0 Å². The zero-order valence-electron chi connectivity index (χ0n) is 9.36. The van der Waals surface area contributed by atoms with Gasteiger partial charge in [0.15, 0.2) is 0 Å². The lowest BCUT2D eigenvalue weighted by molar-refractivity contribution is 0.0427. The fourth-order valence-electron chi connectivity index (χ4n) is 2.14. The van der Waals surface area contributed by atoms with Crippen LogP contribution in [0.25, 0.3) is 0 Å². The van der Waals surface area contributed by atoms with Gasteiger partial charge in [0, 0.05) is 5.25 Å². The number of thioether (sulfide) groups is 1. The second-order valence-corrected chi connectivity index (χ2v) is 5.69. The van der Waals surface area contributed by atoms with Gasteiger partial charge >= 0.3 is 0 Å². The Labute approximate surface area is 95.9 Å². The number of hydrogen-bond acceptors (Lipinski definition) is 2. The summed E-state index contributed by atoms with van der Waals surface area (Å²) in [5, 5.41) is 10.9. The number of aryl methyl sites for hydroxylation is 1. The van der Waals surface area contributed by atoms with Crippen LogP contribution in [-0.2, 0) is 12.0 Å². The van der Waals surface area contributed by atoms with Gasteiger partial charge in [-0.1, -0.05) is 38.1 Å². The predicted octanol–water partition coefficient (Wildman–Crippen LogP) is 2.96. The molecule has 0 aliphatic carbocycles. The van der Waals surface area contributed by atoms with Crippen molar-refractivity contribution >= 4 is 11.8 Å². The molecule has 2 atom stereocenters. The van der Waals surface area contributed by atoms with Gasteiger partial charge in [-0.15, -0.1) is 0 Å². The van der Waals surface area contributed by atoms with Gasteiger partial charge in [0.05, 0.1) is 0 Å². The van der Waals surface area contributed by atoms with Crippen molar-refractivity contribution in [2.24, 2.45) is 0 Å². The summed E-state index contributed by atoms with van der Waals surface area (Å²) >= 11 is 1.86. The van der Waals surface area contributed by atoms with Gasteiger partial charge in [0.2, 0.25) is 0 Å². The molecule has 1 fully saturated rings. The first-order valence-corrected chi connectivity index (χ1v) is 6.65. The summed E-state index contributed by atoms with van der Waals surface area (Å²) < 4.78 is 0. The summed E-state index contributed by atoms with van der Waals surface area (Å²) in [5.41, 5.74) is 1.81. The second kappa shape index (κ2) is 4.18. The van der Waals surface area contributed by atoms with Crippen molar-refractivity contribution in [2.75, 3.05) is 5.75 Å². The van der Waals surface area contributed by atoms with Crippen LogP contribution in [0.5, 0.6) is 0 Å². The molecule has 2 heteroatoms. The molecule has 0 bridgehead atoms. The van der Waals surface area contributed by atoms with Gasteiger partial charge in [0.1, 0.15) is 5.60 Å². The third kappa shape index (κ3) is 1.93. The highest BCUT2D eigenvalue weighted by atomic mass is 32.2. The molecule has 0 radical (unpaired) electrons. The van der Waals surface area contributed by atoms with Crippen LogP contribution < -0.4 is 0 Å².